The summed E-state index contributed by atoms with van der Waals surface area (Å²) in [6.45, 7) is 2.95. The Morgan fingerprint density at radius 2 is 2.00 bits per heavy atom. The van der Waals surface area contributed by atoms with E-state index in [4.69, 9.17) is 5.73 Å². The van der Waals surface area contributed by atoms with Crippen LogP contribution >= 0.6 is 0 Å². The Morgan fingerprint density at radius 3 is 2.45 bits per heavy atom. The molecular weight excluding hydrogens is 274 g/mol. The number of aromatic nitrogens is 1. The SMILES string of the molecule is CCN(CC(C)C(N)c1ccc(F)cn1)CC(F)(F)F. The van der Waals surface area contributed by atoms with E-state index in [0.717, 1.165) is 6.20 Å². The van der Waals surface area contributed by atoms with E-state index in [-0.39, 0.29) is 19.0 Å². The lowest BCUT2D eigenvalue weighted by Crippen LogP contribution is -2.39. The Kier molecular flexibility index (Phi) is 5.88. The highest BCUT2D eigenvalue weighted by Gasteiger charge is 2.31. The zero-order valence-corrected chi connectivity index (χ0v) is 11.5. The molecule has 20 heavy (non-hydrogen) atoms. The summed E-state index contributed by atoms with van der Waals surface area (Å²) in [6.07, 6.45) is -3.18. The van der Waals surface area contributed by atoms with Crippen molar-refractivity contribution in [3.05, 3.63) is 29.8 Å². The summed E-state index contributed by atoms with van der Waals surface area (Å²) < 4.78 is 49.9. The Bertz CT molecular complexity index is 405. The molecule has 3 nitrogen and oxygen atoms in total. The second-order valence-electron chi connectivity index (χ2n) is 4.85. The quantitative estimate of drug-likeness (QED) is 0.820. The van der Waals surface area contributed by atoms with Crippen LogP contribution in [0.5, 0.6) is 0 Å². The van der Waals surface area contributed by atoms with Gasteiger partial charge >= 0.3 is 6.18 Å². The minimum absolute atomic E-state index is 0.205. The first-order chi connectivity index (χ1) is 9.23. The Balaban J connectivity index is 2.64. The van der Waals surface area contributed by atoms with E-state index in [1.807, 2.05) is 0 Å². The highest BCUT2D eigenvalue weighted by molar-refractivity contribution is 5.10. The predicted molar refractivity (Wildman–Crippen MR) is 68.5 cm³/mol. The molecule has 2 unspecified atom stereocenters. The standard InChI is InChI=1S/C13H19F4N3/c1-3-20(8-13(15,16)17)7-9(2)12(18)11-5-4-10(14)6-19-11/h4-6,9,12H,3,7-8,18H2,1-2H3. The number of halogens is 4. The van der Waals surface area contributed by atoms with E-state index < -0.39 is 24.6 Å². The molecule has 0 spiro atoms. The van der Waals surface area contributed by atoms with E-state index in [9.17, 15) is 17.6 Å². The first-order valence-corrected chi connectivity index (χ1v) is 6.39. The molecule has 0 aromatic carbocycles. The van der Waals surface area contributed by atoms with Crippen molar-refractivity contribution in [2.75, 3.05) is 19.6 Å². The minimum atomic E-state index is -4.23. The summed E-state index contributed by atoms with van der Waals surface area (Å²) in [4.78, 5) is 5.15. The van der Waals surface area contributed by atoms with Crippen LogP contribution in [-0.2, 0) is 0 Å². The van der Waals surface area contributed by atoms with Gasteiger partial charge < -0.3 is 5.73 Å². The fraction of sp³-hybridized carbons (Fsp3) is 0.615. The molecule has 0 fully saturated rings. The fourth-order valence-electron chi connectivity index (χ4n) is 1.96. The average molecular weight is 293 g/mol. The zero-order valence-electron chi connectivity index (χ0n) is 11.5. The van der Waals surface area contributed by atoms with Gasteiger partial charge in [0.05, 0.1) is 24.5 Å². The number of alkyl halides is 3. The smallest absolute Gasteiger partial charge is 0.322 e. The summed E-state index contributed by atoms with van der Waals surface area (Å²) in [7, 11) is 0. The Morgan fingerprint density at radius 1 is 1.35 bits per heavy atom. The van der Waals surface area contributed by atoms with Gasteiger partial charge in [-0.25, -0.2) is 4.39 Å². The van der Waals surface area contributed by atoms with Crippen LogP contribution in [0.15, 0.2) is 18.3 Å². The van der Waals surface area contributed by atoms with E-state index in [1.54, 1.807) is 13.8 Å². The molecule has 0 amide bonds. The maximum absolute atomic E-state index is 12.8. The van der Waals surface area contributed by atoms with E-state index >= 15 is 0 Å². The highest BCUT2D eigenvalue weighted by Crippen LogP contribution is 2.21. The topological polar surface area (TPSA) is 42.1 Å². The van der Waals surface area contributed by atoms with Crippen molar-refractivity contribution in [1.82, 2.24) is 9.88 Å². The van der Waals surface area contributed by atoms with Crippen molar-refractivity contribution < 1.29 is 17.6 Å². The molecule has 114 valence electrons. The lowest BCUT2D eigenvalue weighted by molar-refractivity contribution is -0.146. The molecule has 0 aliphatic rings. The van der Waals surface area contributed by atoms with Gasteiger partial charge in [0, 0.05) is 6.54 Å². The fourth-order valence-corrected chi connectivity index (χ4v) is 1.96. The number of hydrogen-bond donors (Lipinski definition) is 1. The molecular formula is C13H19F4N3. The van der Waals surface area contributed by atoms with Crippen LogP contribution < -0.4 is 5.73 Å². The lowest BCUT2D eigenvalue weighted by Gasteiger charge is -2.28. The van der Waals surface area contributed by atoms with Crippen LogP contribution in [-0.4, -0.2) is 35.7 Å². The molecule has 0 saturated carbocycles. The van der Waals surface area contributed by atoms with Crippen LogP contribution in [0.2, 0.25) is 0 Å². The molecule has 2 atom stereocenters. The van der Waals surface area contributed by atoms with E-state index in [2.05, 4.69) is 4.98 Å². The van der Waals surface area contributed by atoms with Gasteiger partial charge in [0.1, 0.15) is 5.82 Å². The summed E-state index contributed by atoms with van der Waals surface area (Å²) in [5.74, 6) is -0.698. The van der Waals surface area contributed by atoms with Crippen molar-refractivity contribution in [2.45, 2.75) is 26.1 Å². The normalized spacial score (nSPS) is 15.4. The molecule has 7 heteroatoms. The first kappa shape index (κ1) is 16.8. The van der Waals surface area contributed by atoms with Crippen LogP contribution in [0, 0.1) is 11.7 Å². The van der Waals surface area contributed by atoms with Crippen LogP contribution in [0.3, 0.4) is 0 Å². The van der Waals surface area contributed by atoms with Crippen molar-refractivity contribution in [1.29, 1.82) is 0 Å². The third kappa shape index (κ3) is 5.42. The summed E-state index contributed by atoms with van der Waals surface area (Å²) in [5, 5.41) is 0. The summed E-state index contributed by atoms with van der Waals surface area (Å²) >= 11 is 0. The zero-order chi connectivity index (χ0) is 15.3. The summed E-state index contributed by atoms with van der Waals surface area (Å²) in [5.41, 5.74) is 6.44. The van der Waals surface area contributed by atoms with Gasteiger partial charge in [-0.05, 0) is 24.6 Å². The van der Waals surface area contributed by atoms with E-state index in [0.29, 0.717) is 5.69 Å². The Hall–Kier alpha value is -1.21. The second-order valence-corrected chi connectivity index (χ2v) is 4.85. The van der Waals surface area contributed by atoms with Crippen molar-refractivity contribution in [3.8, 4) is 0 Å². The van der Waals surface area contributed by atoms with Crippen molar-refractivity contribution >= 4 is 0 Å². The third-order valence-electron chi connectivity index (χ3n) is 3.10. The predicted octanol–water partition coefficient (Wildman–Crippen LogP) is 2.74. The maximum atomic E-state index is 12.8. The molecule has 2 N–H and O–H groups in total. The van der Waals surface area contributed by atoms with Crippen molar-refractivity contribution in [3.63, 3.8) is 0 Å². The largest absolute Gasteiger partial charge is 0.401 e. The number of pyridine rings is 1. The molecule has 1 rings (SSSR count). The number of hydrogen-bond acceptors (Lipinski definition) is 3. The third-order valence-corrected chi connectivity index (χ3v) is 3.10. The van der Waals surface area contributed by atoms with Gasteiger partial charge in [0.15, 0.2) is 0 Å². The average Bonchev–Trinajstić information content (AvgIpc) is 2.36. The Labute approximate surface area is 115 Å². The highest BCUT2D eigenvalue weighted by atomic mass is 19.4. The molecule has 0 aliphatic heterocycles. The number of rotatable bonds is 6. The molecule has 1 aromatic heterocycles. The van der Waals surface area contributed by atoms with Crippen LogP contribution in [0.25, 0.3) is 0 Å². The molecule has 1 aromatic rings. The lowest BCUT2D eigenvalue weighted by atomic mass is 9.98. The molecule has 1 heterocycles. The molecule has 0 aliphatic carbocycles. The second kappa shape index (κ2) is 6.99. The van der Waals surface area contributed by atoms with Gasteiger partial charge in [-0.15, -0.1) is 0 Å². The van der Waals surface area contributed by atoms with Crippen LogP contribution in [0.1, 0.15) is 25.6 Å². The minimum Gasteiger partial charge on any atom is -0.322 e. The summed E-state index contributed by atoms with van der Waals surface area (Å²) in [6, 6.07) is 2.16. The van der Waals surface area contributed by atoms with Gasteiger partial charge in [0.25, 0.3) is 0 Å². The van der Waals surface area contributed by atoms with Gasteiger partial charge in [-0.2, -0.15) is 13.2 Å². The number of nitrogens with zero attached hydrogens (tertiary/aromatic N) is 2. The van der Waals surface area contributed by atoms with Gasteiger partial charge in [0.2, 0.25) is 0 Å². The van der Waals surface area contributed by atoms with Gasteiger partial charge in [-0.1, -0.05) is 13.8 Å². The van der Waals surface area contributed by atoms with Crippen LogP contribution in [0.4, 0.5) is 17.6 Å². The van der Waals surface area contributed by atoms with Crippen molar-refractivity contribution in [2.24, 2.45) is 11.7 Å². The monoisotopic (exact) mass is 293 g/mol. The molecule has 0 radical (unpaired) electrons. The molecule has 0 saturated heterocycles. The maximum Gasteiger partial charge on any atom is 0.401 e. The first-order valence-electron chi connectivity index (χ1n) is 6.39. The van der Waals surface area contributed by atoms with E-state index in [1.165, 1.54) is 17.0 Å². The molecule has 0 bridgehead atoms. The van der Waals surface area contributed by atoms with Gasteiger partial charge in [-0.3, -0.25) is 9.88 Å². The number of nitrogens with two attached hydrogens (primary N) is 1.